The lowest BCUT2D eigenvalue weighted by Gasteiger charge is -2.23. The minimum atomic E-state index is -0.630. The van der Waals surface area contributed by atoms with Crippen LogP contribution in [0.25, 0.3) is 10.8 Å². The van der Waals surface area contributed by atoms with E-state index in [4.69, 9.17) is 11.6 Å². The zero-order chi connectivity index (χ0) is 21.4. The van der Waals surface area contributed by atoms with Gasteiger partial charge in [0.2, 0.25) is 11.7 Å². The topological polar surface area (TPSA) is 104 Å². The van der Waals surface area contributed by atoms with Gasteiger partial charge in [0.1, 0.15) is 11.5 Å². The fraction of sp³-hybridized carbons (Fsp3) is 0.174. The first-order valence-corrected chi connectivity index (χ1v) is 10.0. The zero-order valence-corrected chi connectivity index (χ0v) is 16.6. The van der Waals surface area contributed by atoms with E-state index in [0.29, 0.717) is 18.7 Å². The molecule has 1 amide bonds. The molecule has 0 unspecified atom stereocenters. The molecule has 30 heavy (non-hydrogen) atoms. The predicted molar refractivity (Wildman–Crippen MR) is 114 cm³/mol. The van der Waals surface area contributed by atoms with Crippen molar-refractivity contribution in [1.29, 1.82) is 0 Å². The van der Waals surface area contributed by atoms with Crippen LogP contribution in [0.5, 0.6) is 11.5 Å². The van der Waals surface area contributed by atoms with Crippen molar-refractivity contribution < 1.29 is 24.6 Å². The SMILES string of the molecule is O=C(CCCCCl)Nc1cccc2c1C(=O)c1c(c(O)c3ccccc3c1O)C2=O. The molecule has 0 saturated carbocycles. The van der Waals surface area contributed by atoms with Crippen LogP contribution in [0.15, 0.2) is 42.5 Å². The first-order valence-electron chi connectivity index (χ1n) is 9.50. The van der Waals surface area contributed by atoms with Crippen LogP contribution >= 0.6 is 11.6 Å². The Bertz CT molecular complexity index is 1220. The number of phenols is 2. The highest BCUT2D eigenvalue weighted by Gasteiger charge is 2.37. The Labute approximate surface area is 177 Å². The summed E-state index contributed by atoms with van der Waals surface area (Å²) in [6, 6.07) is 11.0. The Morgan fingerprint density at radius 2 is 1.47 bits per heavy atom. The third-order valence-electron chi connectivity index (χ3n) is 5.21. The molecule has 4 rings (SSSR count). The Hall–Kier alpha value is -3.38. The molecule has 0 aromatic heterocycles. The third-order valence-corrected chi connectivity index (χ3v) is 5.48. The Morgan fingerprint density at radius 1 is 0.833 bits per heavy atom. The van der Waals surface area contributed by atoms with Crippen LogP contribution in [0.3, 0.4) is 0 Å². The number of aromatic hydroxyl groups is 2. The van der Waals surface area contributed by atoms with E-state index in [2.05, 4.69) is 5.32 Å². The number of benzene rings is 3. The zero-order valence-electron chi connectivity index (χ0n) is 15.9. The third kappa shape index (κ3) is 3.09. The van der Waals surface area contributed by atoms with Gasteiger partial charge in [-0.2, -0.15) is 0 Å². The van der Waals surface area contributed by atoms with Crippen molar-refractivity contribution in [2.24, 2.45) is 0 Å². The second-order valence-electron chi connectivity index (χ2n) is 7.07. The van der Waals surface area contributed by atoms with Crippen LogP contribution in [-0.4, -0.2) is 33.6 Å². The number of carbonyl (C=O) groups excluding carboxylic acids is 3. The molecule has 7 heteroatoms. The minimum absolute atomic E-state index is 0.00525. The van der Waals surface area contributed by atoms with Crippen molar-refractivity contribution >= 4 is 45.5 Å². The van der Waals surface area contributed by atoms with Gasteiger partial charge in [0.15, 0.2) is 5.78 Å². The number of alkyl halides is 1. The number of hydrogen-bond acceptors (Lipinski definition) is 5. The van der Waals surface area contributed by atoms with Gasteiger partial charge in [0.25, 0.3) is 0 Å². The van der Waals surface area contributed by atoms with Crippen LogP contribution in [0.4, 0.5) is 5.69 Å². The normalized spacial score (nSPS) is 12.6. The van der Waals surface area contributed by atoms with E-state index in [0.717, 1.165) is 0 Å². The summed E-state index contributed by atoms with van der Waals surface area (Å²) in [4.78, 5) is 38.8. The number of unbranched alkanes of at least 4 members (excludes halogenated alkanes) is 1. The van der Waals surface area contributed by atoms with E-state index in [-0.39, 0.29) is 62.5 Å². The number of ketones is 2. The van der Waals surface area contributed by atoms with Crippen molar-refractivity contribution in [2.75, 3.05) is 11.2 Å². The van der Waals surface area contributed by atoms with Gasteiger partial charge < -0.3 is 15.5 Å². The predicted octanol–water partition coefficient (Wildman–Crippen LogP) is 4.37. The molecule has 0 radical (unpaired) electrons. The number of halogens is 1. The molecule has 6 nitrogen and oxygen atoms in total. The van der Waals surface area contributed by atoms with Crippen molar-refractivity contribution in [3.8, 4) is 11.5 Å². The Balaban J connectivity index is 1.84. The van der Waals surface area contributed by atoms with Gasteiger partial charge in [-0.1, -0.05) is 36.4 Å². The van der Waals surface area contributed by atoms with E-state index in [1.807, 2.05) is 0 Å². The van der Waals surface area contributed by atoms with E-state index >= 15 is 0 Å². The van der Waals surface area contributed by atoms with Gasteiger partial charge in [0.05, 0.1) is 22.4 Å². The fourth-order valence-corrected chi connectivity index (χ4v) is 3.98. The number of fused-ring (bicyclic) bond motifs is 3. The van der Waals surface area contributed by atoms with Gasteiger partial charge in [-0.15, -0.1) is 11.6 Å². The first kappa shape index (κ1) is 19.9. The summed E-state index contributed by atoms with van der Waals surface area (Å²) in [5.74, 6) is -1.78. The highest BCUT2D eigenvalue weighted by atomic mass is 35.5. The quantitative estimate of drug-likeness (QED) is 0.251. The average molecular weight is 424 g/mol. The van der Waals surface area contributed by atoms with Gasteiger partial charge in [-0.25, -0.2) is 0 Å². The smallest absolute Gasteiger partial charge is 0.224 e. The number of hydrogen-bond donors (Lipinski definition) is 3. The number of anilines is 1. The van der Waals surface area contributed by atoms with Crippen LogP contribution in [0.1, 0.15) is 51.1 Å². The van der Waals surface area contributed by atoms with E-state index in [9.17, 15) is 24.6 Å². The molecule has 0 aliphatic heterocycles. The van der Waals surface area contributed by atoms with E-state index < -0.39 is 11.6 Å². The van der Waals surface area contributed by atoms with Crippen LogP contribution in [0, 0.1) is 0 Å². The largest absolute Gasteiger partial charge is 0.506 e. The van der Waals surface area contributed by atoms with Gasteiger partial charge in [-0.05, 0) is 18.9 Å². The highest BCUT2D eigenvalue weighted by Crippen LogP contribution is 2.45. The summed E-state index contributed by atoms with van der Waals surface area (Å²) in [5.41, 5.74) is -0.219. The van der Waals surface area contributed by atoms with Gasteiger partial charge >= 0.3 is 0 Å². The fourth-order valence-electron chi connectivity index (χ4n) is 3.79. The molecule has 1 aliphatic carbocycles. The summed E-state index contributed by atoms with van der Waals surface area (Å²) >= 11 is 5.63. The van der Waals surface area contributed by atoms with Crippen molar-refractivity contribution in [3.63, 3.8) is 0 Å². The van der Waals surface area contributed by atoms with E-state index in [1.54, 1.807) is 30.3 Å². The molecule has 3 N–H and O–H groups in total. The lowest BCUT2D eigenvalue weighted by Crippen LogP contribution is -2.24. The molecule has 3 aromatic carbocycles. The maximum Gasteiger partial charge on any atom is 0.224 e. The molecule has 0 bridgehead atoms. The molecule has 0 heterocycles. The average Bonchev–Trinajstić information content (AvgIpc) is 2.74. The molecule has 0 saturated heterocycles. The molecule has 0 atom stereocenters. The molecule has 1 aliphatic rings. The Morgan fingerprint density at radius 3 is 2.10 bits per heavy atom. The number of amides is 1. The summed E-state index contributed by atoms with van der Waals surface area (Å²) in [6.45, 7) is 0. The number of rotatable bonds is 5. The molecule has 152 valence electrons. The number of carbonyl (C=O) groups is 3. The molecule has 0 spiro atoms. The van der Waals surface area contributed by atoms with Crippen molar-refractivity contribution in [2.45, 2.75) is 19.3 Å². The number of nitrogens with one attached hydrogen (secondary N) is 1. The van der Waals surface area contributed by atoms with Crippen LogP contribution in [-0.2, 0) is 4.79 Å². The number of phenolic OH excluding ortho intramolecular Hbond substituents is 2. The van der Waals surface area contributed by atoms with Crippen molar-refractivity contribution in [3.05, 3.63) is 64.7 Å². The van der Waals surface area contributed by atoms with Gasteiger partial charge in [0, 0.05) is 28.6 Å². The highest BCUT2D eigenvalue weighted by molar-refractivity contribution is 6.34. The maximum atomic E-state index is 13.3. The second-order valence-corrected chi connectivity index (χ2v) is 7.45. The minimum Gasteiger partial charge on any atom is -0.506 e. The molecule has 3 aromatic rings. The van der Waals surface area contributed by atoms with E-state index in [1.165, 1.54) is 12.1 Å². The lowest BCUT2D eigenvalue weighted by molar-refractivity contribution is -0.116. The summed E-state index contributed by atoms with van der Waals surface area (Å²) in [6.07, 6.45) is 1.51. The van der Waals surface area contributed by atoms with Crippen LogP contribution < -0.4 is 5.32 Å². The first-order chi connectivity index (χ1) is 14.5. The molecular formula is C23H18ClNO5. The molecular weight excluding hydrogens is 406 g/mol. The van der Waals surface area contributed by atoms with Crippen LogP contribution in [0.2, 0.25) is 0 Å². The van der Waals surface area contributed by atoms with Gasteiger partial charge in [-0.3, -0.25) is 14.4 Å². The summed E-state index contributed by atoms with van der Waals surface area (Å²) in [7, 11) is 0. The monoisotopic (exact) mass is 423 g/mol. The second kappa shape index (κ2) is 7.80. The summed E-state index contributed by atoms with van der Waals surface area (Å²) < 4.78 is 0. The Kier molecular flexibility index (Phi) is 5.18. The summed E-state index contributed by atoms with van der Waals surface area (Å²) in [5, 5.41) is 24.7. The lowest BCUT2D eigenvalue weighted by atomic mass is 9.80. The van der Waals surface area contributed by atoms with Crippen molar-refractivity contribution in [1.82, 2.24) is 0 Å². The maximum absolute atomic E-state index is 13.3. The standard InChI is InChI=1S/C23H18ClNO5/c24-11-4-3-10-16(26)25-15-9-5-8-14-17(15)23(30)19-18(22(14)29)20(27)12-6-1-2-7-13(12)21(19)28/h1-2,5-9,27-28H,3-4,10-11H2,(H,25,26). The molecule has 0 fully saturated rings.